The normalized spacial score (nSPS) is 11.1. The first-order chi connectivity index (χ1) is 20.2. The van der Waals surface area contributed by atoms with Crippen molar-refractivity contribution >= 4 is 33.8 Å². The highest BCUT2D eigenvalue weighted by atomic mass is 16.5. The number of anilines is 1. The second-order valence-electron chi connectivity index (χ2n) is 9.32. The van der Waals surface area contributed by atoms with E-state index in [0.29, 0.717) is 45.1 Å². The first-order valence-electron chi connectivity index (χ1n) is 12.8. The van der Waals surface area contributed by atoms with E-state index in [4.69, 9.17) is 14.7 Å². The Bertz CT molecular complexity index is 2050. The average molecular weight is 539 g/mol. The summed E-state index contributed by atoms with van der Waals surface area (Å²) in [5, 5.41) is 10.5. The summed E-state index contributed by atoms with van der Waals surface area (Å²) in [6.07, 6.45) is 5.06. The molecule has 10 heteroatoms. The molecule has 0 saturated heterocycles. The van der Waals surface area contributed by atoms with E-state index in [1.54, 1.807) is 37.8 Å². The Kier molecular flexibility index (Phi) is 5.90. The molecule has 0 bridgehead atoms. The summed E-state index contributed by atoms with van der Waals surface area (Å²) in [6.45, 7) is 0. The zero-order chi connectivity index (χ0) is 27.8. The molecule has 1 amide bonds. The zero-order valence-corrected chi connectivity index (χ0v) is 21.8. The number of nitrogens with one attached hydrogen (secondary N) is 3. The van der Waals surface area contributed by atoms with Gasteiger partial charge in [-0.1, -0.05) is 30.3 Å². The summed E-state index contributed by atoms with van der Waals surface area (Å²) in [6, 6.07) is 24.4. The molecule has 0 unspecified atom stereocenters. The smallest absolute Gasteiger partial charge is 0.255 e. The maximum atomic E-state index is 12.6. The molecule has 0 saturated carbocycles. The molecular formula is C31H22N8O2. The van der Waals surface area contributed by atoms with Gasteiger partial charge in [-0.05, 0) is 54.1 Å². The van der Waals surface area contributed by atoms with Gasteiger partial charge >= 0.3 is 0 Å². The van der Waals surface area contributed by atoms with Crippen LogP contribution in [0, 0.1) is 0 Å². The van der Waals surface area contributed by atoms with Crippen molar-refractivity contribution in [2.24, 2.45) is 0 Å². The summed E-state index contributed by atoms with van der Waals surface area (Å²) in [5.74, 6) is 1.09. The van der Waals surface area contributed by atoms with Crippen LogP contribution in [0.25, 0.3) is 56.1 Å². The van der Waals surface area contributed by atoms with Crippen LogP contribution in [0.1, 0.15) is 10.4 Å². The van der Waals surface area contributed by atoms with Crippen molar-refractivity contribution in [3.63, 3.8) is 0 Å². The van der Waals surface area contributed by atoms with Crippen LogP contribution in [0.15, 0.2) is 97.5 Å². The first-order valence-corrected chi connectivity index (χ1v) is 12.8. The van der Waals surface area contributed by atoms with Gasteiger partial charge in [0.1, 0.15) is 16.8 Å². The molecule has 0 radical (unpaired) electrons. The number of imidazole rings is 1. The molecule has 5 aromatic heterocycles. The molecule has 0 aliphatic heterocycles. The van der Waals surface area contributed by atoms with Crippen molar-refractivity contribution in [1.29, 1.82) is 0 Å². The molecule has 7 aromatic rings. The van der Waals surface area contributed by atoms with Gasteiger partial charge in [0.25, 0.3) is 5.91 Å². The quantitative estimate of drug-likeness (QED) is 0.240. The third-order valence-electron chi connectivity index (χ3n) is 6.73. The van der Waals surface area contributed by atoms with Gasteiger partial charge in [0.15, 0.2) is 17.2 Å². The number of pyridine rings is 3. The molecule has 0 spiro atoms. The van der Waals surface area contributed by atoms with Gasteiger partial charge in [-0.15, -0.1) is 0 Å². The number of nitrogens with zero attached hydrogens (tertiary/aromatic N) is 5. The van der Waals surface area contributed by atoms with Gasteiger partial charge in [0.05, 0.1) is 30.2 Å². The molecule has 0 aliphatic rings. The van der Waals surface area contributed by atoms with Gasteiger partial charge in [-0.3, -0.25) is 14.9 Å². The Hall–Kier alpha value is -5.90. The second-order valence-corrected chi connectivity index (χ2v) is 9.32. The zero-order valence-electron chi connectivity index (χ0n) is 21.8. The van der Waals surface area contributed by atoms with Crippen molar-refractivity contribution in [2.75, 3.05) is 12.4 Å². The maximum Gasteiger partial charge on any atom is 0.255 e. The Morgan fingerprint density at radius 3 is 2.66 bits per heavy atom. The molecule has 0 aliphatic carbocycles. The van der Waals surface area contributed by atoms with Crippen LogP contribution in [0.4, 0.5) is 5.69 Å². The SMILES string of the molecule is COc1cccc(-c2ccnc3[nH]c(-c4n[nH]c5ccc(-c6cncc(NC(=O)c7ccccc7)c6)nc45)nc23)c1. The largest absolute Gasteiger partial charge is 0.497 e. The van der Waals surface area contributed by atoms with E-state index in [9.17, 15) is 4.79 Å². The highest BCUT2D eigenvalue weighted by Gasteiger charge is 2.18. The lowest BCUT2D eigenvalue weighted by atomic mass is 10.1. The standard InChI is InChI=1S/C31H22N8O2/c1-41-22-9-5-8-19(15-22)23-12-13-33-29-26(23)36-30(37-29)28-27-25(38-39-28)11-10-24(35-27)20-14-21(17-32-16-20)34-31(40)18-6-3-2-4-7-18/h2-17H,1H3,(H,34,40)(H,38,39)(H,33,36,37). The minimum Gasteiger partial charge on any atom is -0.497 e. The first kappa shape index (κ1) is 24.2. The summed E-state index contributed by atoms with van der Waals surface area (Å²) in [5.41, 5.74) is 7.76. The number of hydrogen-bond acceptors (Lipinski definition) is 7. The molecule has 2 aromatic carbocycles. The minimum absolute atomic E-state index is 0.211. The Morgan fingerprint density at radius 2 is 1.78 bits per heavy atom. The third-order valence-corrected chi connectivity index (χ3v) is 6.73. The van der Waals surface area contributed by atoms with Crippen LogP contribution in [0.5, 0.6) is 5.75 Å². The predicted octanol–water partition coefficient (Wildman–Crippen LogP) is 5.89. The number of fused-ring (bicyclic) bond motifs is 2. The number of methoxy groups -OCH3 is 1. The fourth-order valence-corrected chi connectivity index (χ4v) is 4.71. The van der Waals surface area contributed by atoms with Crippen LogP contribution in [-0.4, -0.2) is 48.1 Å². The second kappa shape index (κ2) is 10.0. The molecule has 10 nitrogen and oxygen atoms in total. The summed E-state index contributed by atoms with van der Waals surface area (Å²) >= 11 is 0. The predicted molar refractivity (Wildman–Crippen MR) is 156 cm³/mol. The monoisotopic (exact) mass is 538 g/mol. The van der Waals surface area contributed by atoms with E-state index < -0.39 is 0 Å². The van der Waals surface area contributed by atoms with Gasteiger partial charge in [-0.25, -0.2) is 15.0 Å². The van der Waals surface area contributed by atoms with Gasteiger partial charge < -0.3 is 15.0 Å². The summed E-state index contributed by atoms with van der Waals surface area (Å²) in [4.78, 5) is 34.5. The fourth-order valence-electron chi connectivity index (χ4n) is 4.71. The number of H-pyrrole nitrogens is 2. The number of carbonyl (C=O) groups is 1. The molecule has 7 rings (SSSR count). The molecule has 3 N–H and O–H groups in total. The van der Waals surface area contributed by atoms with Crippen molar-refractivity contribution in [1.82, 2.24) is 35.1 Å². The molecule has 0 atom stereocenters. The molecule has 198 valence electrons. The minimum atomic E-state index is -0.211. The lowest BCUT2D eigenvalue weighted by Gasteiger charge is -2.07. The number of amides is 1. The number of benzene rings is 2. The Morgan fingerprint density at radius 1 is 0.878 bits per heavy atom. The van der Waals surface area contributed by atoms with Crippen molar-refractivity contribution in [3.05, 3.63) is 103 Å². The lowest BCUT2D eigenvalue weighted by molar-refractivity contribution is 0.102. The maximum absolute atomic E-state index is 12.6. The fraction of sp³-hybridized carbons (Fsp3) is 0.0323. The van der Waals surface area contributed by atoms with E-state index in [0.717, 1.165) is 28.0 Å². The van der Waals surface area contributed by atoms with Crippen LogP contribution < -0.4 is 10.1 Å². The van der Waals surface area contributed by atoms with Crippen LogP contribution >= 0.6 is 0 Å². The number of hydrogen-bond donors (Lipinski definition) is 3. The topological polar surface area (TPSA) is 134 Å². The number of aromatic amines is 2. The van der Waals surface area contributed by atoms with Gasteiger partial charge in [0, 0.05) is 29.1 Å². The van der Waals surface area contributed by atoms with Crippen LogP contribution in [0.2, 0.25) is 0 Å². The number of aromatic nitrogens is 7. The highest BCUT2D eigenvalue weighted by Crippen LogP contribution is 2.32. The molecule has 0 fully saturated rings. The van der Waals surface area contributed by atoms with Crippen molar-refractivity contribution in [2.45, 2.75) is 0 Å². The Labute approximate surface area is 233 Å². The average Bonchev–Trinajstić information content (AvgIpc) is 3.65. The van der Waals surface area contributed by atoms with Crippen LogP contribution in [0.3, 0.4) is 0 Å². The molecular weight excluding hydrogens is 516 g/mol. The van der Waals surface area contributed by atoms with E-state index >= 15 is 0 Å². The van der Waals surface area contributed by atoms with Crippen LogP contribution in [-0.2, 0) is 0 Å². The van der Waals surface area contributed by atoms with E-state index in [1.807, 2.05) is 66.7 Å². The molecule has 41 heavy (non-hydrogen) atoms. The molecule has 5 heterocycles. The Balaban J connectivity index is 1.25. The van der Waals surface area contributed by atoms with E-state index in [1.165, 1.54) is 0 Å². The van der Waals surface area contributed by atoms with Crippen molar-refractivity contribution < 1.29 is 9.53 Å². The third kappa shape index (κ3) is 4.53. The van der Waals surface area contributed by atoms with Gasteiger partial charge in [0.2, 0.25) is 0 Å². The lowest BCUT2D eigenvalue weighted by Crippen LogP contribution is -2.11. The van der Waals surface area contributed by atoms with E-state index in [-0.39, 0.29) is 5.91 Å². The number of ether oxygens (including phenoxy) is 1. The van der Waals surface area contributed by atoms with E-state index in [2.05, 4.69) is 30.5 Å². The van der Waals surface area contributed by atoms with Gasteiger partial charge in [-0.2, -0.15) is 5.10 Å². The summed E-state index contributed by atoms with van der Waals surface area (Å²) < 4.78 is 5.40. The summed E-state index contributed by atoms with van der Waals surface area (Å²) in [7, 11) is 1.64. The highest BCUT2D eigenvalue weighted by molar-refractivity contribution is 6.04. The number of rotatable bonds is 6. The van der Waals surface area contributed by atoms with Crippen molar-refractivity contribution in [3.8, 4) is 39.7 Å². The number of carbonyl (C=O) groups excluding carboxylic acids is 1.